The summed E-state index contributed by atoms with van der Waals surface area (Å²) in [5, 5.41) is 19.2. The van der Waals surface area contributed by atoms with Gasteiger partial charge >= 0.3 is 11.9 Å². The molecule has 7 nitrogen and oxygen atoms in total. The summed E-state index contributed by atoms with van der Waals surface area (Å²) in [4.78, 5) is 39.3. The number of carboxylic acids is 2. The topological polar surface area (TPSA) is 98.2 Å². The molecule has 0 bridgehead atoms. The summed E-state index contributed by atoms with van der Waals surface area (Å²) in [6.07, 6.45) is 4.28. The molecule has 2 N–H and O–H groups in total. The minimum Gasteiger partial charge on any atom is -0.480 e. The number of fused-ring (bicyclic) bond motifs is 1. The second-order valence-corrected chi connectivity index (χ2v) is 8.91. The van der Waals surface area contributed by atoms with Crippen molar-refractivity contribution in [2.75, 3.05) is 19.6 Å². The van der Waals surface area contributed by atoms with Gasteiger partial charge in [-0.15, -0.1) is 0 Å². The van der Waals surface area contributed by atoms with Gasteiger partial charge in [0.2, 0.25) is 0 Å². The van der Waals surface area contributed by atoms with E-state index in [1.807, 2.05) is 36.4 Å². The Kier molecular flexibility index (Phi) is 9.22. The van der Waals surface area contributed by atoms with E-state index in [2.05, 4.69) is 19.1 Å². The van der Waals surface area contributed by atoms with Crippen molar-refractivity contribution < 1.29 is 24.6 Å². The number of amides is 1. The summed E-state index contributed by atoms with van der Waals surface area (Å²) in [6.45, 7) is 3.31. The molecular weight excluding hydrogens is 432 g/mol. The van der Waals surface area contributed by atoms with Crippen LogP contribution in [0.2, 0.25) is 0 Å². The van der Waals surface area contributed by atoms with Crippen molar-refractivity contribution in [3.63, 3.8) is 0 Å². The molecule has 0 aromatic heterocycles. The zero-order valence-corrected chi connectivity index (χ0v) is 19.8. The standard InChI is InChI=1S/C27H34N2O5/c1-2-7-20-11-13-21(14-12-20)15-17-28(19-25(30)31)24(27(33)34)10-5-6-16-29-18-22-8-3-4-9-23(22)26(29)32/h3-4,8-9,11-14,24H,2,5-7,10,15-19H2,1H3,(H,30,31)(H,33,34)/t24-/m1/s1. The van der Waals surface area contributed by atoms with Gasteiger partial charge in [-0.1, -0.05) is 55.8 Å². The number of rotatable bonds is 14. The monoisotopic (exact) mass is 466 g/mol. The molecule has 1 amide bonds. The molecule has 1 aliphatic heterocycles. The Labute approximate surface area is 201 Å². The van der Waals surface area contributed by atoms with Crippen molar-refractivity contribution in [3.05, 3.63) is 70.8 Å². The quantitative estimate of drug-likeness (QED) is 0.411. The Morgan fingerprint density at radius 3 is 2.29 bits per heavy atom. The average molecular weight is 467 g/mol. The third-order valence-corrected chi connectivity index (χ3v) is 6.37. The van der Waals surface area contributed by atoms with E-state index in [-0.39, 0.29) is 12.5 Å². The van der Waals surface area contributed by atoms with Gasteiger partial charge in [-0.2, -0.15) is 0 Å². The van der Waals surface area contributed by atoms with Gasteiger partial charge in [0, 0.05) is 25.2 Å². The molecule has 182 valence electrons. The Morgan fingerprint density at radius 1 is 1.00 bits per heavy atom. The molecule has 0 saturated heterocycles. The smallest absolute Gasteiger partial charge is 0.320 e. The molecule has 3 rings (SSSR count). The van der Waals surface area contributed by atoms with Crippen LogP contribution in [0.25, 0.3) is 0 Å². The number of unbranched alkanes of at least 4 members (excludes halogenated alkanes) is 1. The van der Waals surface area contributed by atoms with E-state index < -0.39 is 18.0 Å². The van der Waals surface area contributed by atoms with E-state index in [0.717, 1.165) is 29.5 Å². The van der Waals surface area contributed by atoms with Crippen molar-refractivity contribution in [2.45, 2.75) is 58.0 Å². The average Bonchev–Trinajstić information content (AvgIpc) is 3.13. The first-order valence-electron chi connectivity index (χ1n) is 12.0. The second kappa shape index (κ2) is 12.3. The normalized spacial score (nSPS) is 13.8. The Hall–Kier alpha value is -3.19. The van der Waals surface area contributed by atoms with Crippen molar-refractivity contribution in [3.8, 4) is 0 Å². The number of benzene rings is 2. The summed E-state index contributed by atoms with van der Waals surface area (Å²) in [6, 6.07) is 14.9. The molecule has 1 heterocycles. The van der Waals surface area contributed by atoms with Gasteiger partial charge in [0.25, 0.3) is 5.91 Å². The SMILES string of the molecule is CCCc1ccc(CCN(CC(=O)O)[C@H](CCCCN2Cc3ccccc3C2=O)C(=O)O)cc1. The number of aryl methyl sites for hydroxylation is 1. The van der Waals surface area contributed by atoms with Crippen LogP contribution in [0.4, 0.5) is 0 Å². The fourth-order valence-corrected chi connectivity index (χ4v) is 4.55. The van der Waals surface area contributed by atoms with E-state index in [9.17, 15) is 24.6 Å². The maximum absolute atomic E-state index is 12.5. The number of carboxylic acid groups (broad SMARTS) is 2. The Morgan fingerprint density at radius 2 is 1.68 bits per heavy atom. The van der Waals surface area contributed by atoms with Gasteiger partial charge in [-0.25, -0.2) is 0 Å². The Balaban J connectivity index is 1.53. The van der Waals surface area contributed by atoms with Gasteiger partial charge in [-0.05, 0) is 54.9 Å². The molecular formula is C27H34N2O5. The third kappa shape index (κ3) is 6.90. The Bertz CT molecular complexity index is 989. The molecule has 2 aromatic rings. The first-order valence-corrected chi connectivity index (χ1v) is 12.0. The molecule has 1 aliphatic rings. The first-order chi connectivity index (χ1) is 16.4. The van der Waals surface area contributed by atoms with Crippen molar-refractivity contribution in [1.29, 1.82) is 0 Å². The molecule has 7 heteroatoms. The number of carbonyl (C=O) groups excluding carboxylic acids is 1. The van der Waals surface area contributed by atoms with Crippen LogP contribution >= 0.6 is 0 Å². The highest BCUT2D eigenvalue weighted by Crippen LogP contribution is 2.23. The molecule has 1 atom stereocenters. The molecule has 0 fully saturated rings. The molecule has 0 unspecified atom stereocenters. The van der Waals surface area contributed by atoms with Gasteiger partial charge in [0.15, 0.2) is 0 Å². The van der Waals surface area contributed by atoms with Crippen molar-refractivity contribution in [1.82, 2.24) is 9.80 Å². The number of aliphatic carboxylic acids is 2. The van der Waals surface area contributed by atoms with Gasteiger partial charge in [-0.3, -0.25) is 19.3 Å². The highest BCUT2D eigenvalue weighted by Gasteiger charge is 2.28. The molecule has 34 heavy (non-hydrogen) atoms. The summed E-state index contributed by atoms with van der Waals surface area (Å²) < 4.78 is 0. The molecule has 0 spiro atoms. The van der Waals surface area contributed by atoms with E-state index in [4.69, 9.17) is 0 Å². The highest BCUT2D eigenvalue weighted by molar-refractivity contribution is 5.98. The minimum atomic E-state index is -1.04. The largest absolute Gasteiger partial charge is 0.480 e. The van der Waals surface area contributed by atoms with E-state index in [1.54, 1.807) is 9.80 Å². The zero-order chi connectivity index (χ0) is 24.5. The fraction of sp³-hybridized carbons (Fsp3) is 0.444. The molecule has 0 aliphatic carbocycles. The number of nitrogens with zero attached hydrogens (tertiary/aromatic N) is 2. The van der Waals surface area contributed by atoms with Crippen LogP contribution in [0, 0.1) is 0 Å². The van der Waals surface area contributed by atoms with Crippen molar-refractivity contribution in [2.24, 2.45) is 0 Å². The predicted molar refractivity (Wildman–Crippen MR) is 130 cm³/mol. The van der Waals surface area contributed by atoms with Crippen LogP contribution in [-0.4, -0.2) is 63.5 Å². The number of hydrogen-bond acceptors (Lipinski definition) is 4. The lowest BCUT2D eigenvalue weighted by Crippen LogP contribution is -2.45. The van der Waals surface area contributed by atoms with Gasteiger partial charge in [0.1, 0.15) is 6.04 Å². The first kappa shape index (κ1) is 25.4. The lowest BCUT2D eigenvalue weighted by molar-refractivity contribution is -0.146. The summed E-state index contributed by atoms with van der Waals surface area (Å²) >= 11 is 0. The third-order valence-electron chi connectivity index (χ3n) is 6.37. The van der Waals surface area contributed by atoms with E-state index >= 15 is 0 Å². The maximum Gasteiger partial charge on any atom is 0.320 e. The highest BCUT2D eigenvalue weighted by atomic mass is 16.4. The molecule has 0 saturated carbocycles. The maximum atomic E-state index is 12.5. The van der Waals surface area contributed by atoms with Gasteiger partial charge < -0.3 is 15.1 Å². The van der Waals surface area contributed by atoms with E-state index in [1.165, 1.54) is 5.56 Å². The van der Waals surface area contributed by atoms with E-state index in [0.29, 0.717) is 45.3 Å². The van der Waals surface area contributed by atoms with Crippen LogP contribution in [-0.2, 0) is 29.0 Å². The lowest BCUT2D eigenvalue weighted by Gasteiger charge is -2.27. The molecule has 2 aromatic carbocycles. The predicted octanol–water partition coefficient (Wildman–Crippen LogP) is 3.85. The molecule has 0 radical (unpaired) electrons. The summed E-state index contributed by atoms with van der Waals surface area (Å²) in [7, 11) is 0. The fourth-order valence-electron chi connectivity index (χ4n) is 4.55. The van der Waals surface area contributed by atoms with Crippen LogP contribution < -0.4 is 0 Å². The van der Waals surface area contributed by atoms with Crippen molar-refractivity contribution >= 4 is 17.8 Å². The van der Waals surface area contributed by atoms with Crippen LogP contribution in [0.3, 0.4) is 0 Å². The zero-order valence-electron chi connectivity index (χ0n) is 19.8. The van der Waals surface area contributed by atoms with Crippen LogP contribution in [0.1, 0.15) is 59.7 Å². The summed E-state index contributed by atoms with van der Waals surface area (Å²) in [5.41, 5.74) is 4.08. The summed E-state index contributed by atoms with van der Waals surface area (Å²) in [5.74, 6) is -2.03. The number of carbonyl (C=O) groups is 3. The second-order valence-electron chi connectivity index (χ2n) is 8.91. The van der Waals surface area contributed by atoms with Crippen LogP contribution in [0.15, 0.2) is 48.5 Å². The lowest BCUT2D eigenvalue weighted by atomic mass is 10.0. The minimum absolute atomic E-state index is 0.0165. The van der Waals surface area contributed by atoms with Gasteiger partial charge in [0.05, 0.1) is 6.54 Å². The van der Waals surface area contributed by atoms with Crippen LogP contribution in [0.5, 0.6) is 0 Å². The number of hydrogen-bond donors (Lipinski definition) is 2.